The standard InChI is InChI=1S/C11H18N4O3/c1-3-18-7-4-6(5-7)13-8-9(12)15(2)11(17)14-10(8)16/h6-7,13H,3-5,12H2,1-2H3,(H,14,16,17). The van der Waals surface area contributed by atoms with Crippen LogP contribution in [0.2, 0.25) is 0 Å². The van der Waals surface area contributed by atoms with Gasteiger partial charge in [-0.25, -0.2) is 4.79 Å². The van der Waals surface area contributed by atoms with E-state index in [0.29, 0.717) is 6.61 Å². The van der Waals surface area contributed by atoms with Crippen molar-refractivity contribution in [3.8, 4) is 0 Å². The molecule has 0 saturated heterocycles. The molecule has 1 saturated carbocycles. The average Bonchev–Trinajstić information content (AvgIpc) is 2.28. The van der Waals surface area contributed by atoms with Gasteiger partial charge in [-0.2, -0.15) is 0 Å². The van der Waals surface area contributed by atoms with E-state index in [4.69, 9.17) is 10.5 Å². The Bertz CT molecular complexity index is 542. The molecule has 0 spiro atoms. The molecule has 0 aromatic carbocycles. The molecular formula is C11H18N4O3. The molecule has 1 aliphatic rings. The van der Waals surface area contributed by atoms with Gasteiger partial charge in [0.1, 0.15) is 11.5 Å². The van der Waals surface area contributed by atoms with E-state index in [-0.39, 0.29) is 23.7 Å². The Kier molecular flexibility index (Phi) is 3.42. The van der Waals surface area contributed by atoms with Crippen molar-refractivity contribution in [2.45, 2.75) is 31.9 Å². The highest BCUT2D eigenvalue weighted by Crippen LogP contribution is 2.26. The molecule has 0 aliphatic heterocycles. The Labute approximate surface area is 104 Å². The van der Waals surface area contributed by atoms with Crippen LogP contribution in [-0.2, 0) is 11.8 Å². The second-order valence-electron chi connectivity index (χ2n) is 4.47. The number of nitrogens with one attached hydrogen (secondary N) is 2. The first-order chi connectivity index (χ1) is 8.52. The Morgan fingerprint density at radius 3 is 2.78 bits per heavy atom. The molecule has 4 N–H and O–H groups in total. The minimum absolute atomic E-state index is 0.156. The third-order valence-electron chi connectivity index (χ3n) is 3.22. The maximum atomic E-state index is 11.7. The third-order valence-corrected chi connectivity index (χ3v) is 3.22. The van der Waals surface area contributed by atoms with Gasteiger partial charge in [-0.1, -0.05) is 0 Å². The fraction of sp³-hybridized carbons (Fsp3) is 0.636. The van der Waals surface area contributed by atoms with E-state index in [0.717, 1.165) is 12.8 Å². The van der Waals surface area contributed by atoms with E-state index < -0.39 is 11.2 Å². The van der Waals surface area contributed by atoms with Crippen LogP contribution in [0.4, 0.5) is 11.5 Å². The summed E-state index contributed by atoms with van der Waals surface area (Å²) < 4.78 is 6.65. The molecule has 0 radical (unpaired) electrons. The van der Waals surface area contributed by atoms with E-state index in [1.165, 1.54) is 11.6 Å². The second kappa shape index (κ2) is 4.85. The number of H-pyrrole nitrogens is 1. The third kappa shape index (κ3) is 2.26. The predicted octanol–water partition coefficient (Wildman–Crippen LogP) is -0.365. The summed E-state index contributed by atoms with van der Waals surface area (Å²) in [4.78, 5) is 25.2. The van der Waals surface area contributed by atoms with Crippen LogP contribution >= 0.6 is 0 Å². The first kappa shape index (κ1) is 12.7. The van der Waals surface area contributed by atoms with E-state index in [1.54, 1.807) is 0 Å². The predicted molar refractivity (Wildman–Crippen MR) is 68.8 cm³/mol. The summed E-state index contributed by atoms with van der Waals surface area (Å²) in [6, 6.07) is 0.169. The fourth-order valence-corrected chi connectivity index (χ4v) is 2.04. The zero-order valence-electron chi connectivity index (χ0n) is 10.5. The number of nitrogens with two attached hydrogens (primary N) is 1. The molecule has 2 rings (SSSR count). The summed E-state index contributed by atoms with van der Waals surface area (Å²) in [7, 11) is 1.52. The Morgan fingerprint density at radius 2 is 2.17 bits per heavy atom. The molecule has 1 heterocycles. The maximum Gasteiger partial charge on any atom is 0.329 e. The molecule has 7 heteroatoms. The van der Waals surface area contributed by atoms with Gasteiger partial charge < -0.3 is 15.8 Å². The molecule has 100 valence electrons. The smallest absolute Gasteiger partial charge is 0.329 e. The largest absolute Gasteiger partial charge is 0.383 e. The minimum atomic E-state index is -0.510. The fourth-order valence-electron chi connectivity index (χ4n) is 2.04. The lowest BCUT2D eigenvalue weighted by Crippen LogP contribution is -2.43. The number of anilines is 2. The number of hydrogen-bond donors (Lipinski definition) is 3. The quantitative estimate of drug-likeness (QED) is 0.680. The van der Waals surface area contributed by atoms with Crippen LogP contribution in [0.5, 0.6) is 0 Å². The molecule has 1 aromatic heterocycles. The highest BCUT2D eigenvalue weighted by Gasteiger charge is 2.30. The van der Waals surface area contributed by atoms with Crippen molar-refractivity contribution in [1.82, 2.24) is 9.55 Å². The van der Waals surface area contributed by atoms with Gasteiger partial charge in [0, 0.05) is 19.7 Å². The first-order valence-electron chi connectivity index (χ1n) is 5.99. The number of ether oxygens (including phenoxy) is 1. The normalized spacial score (nSPS) is 22.6. The van der Waals surface area contributed by atoms with Crippen molar-refractivity contribution < 1.29 is 4.74 Å². The second-order valence-corrected chi connectivity index (χ2v) is 4.47. The van der Waals surface area contributed by atoms with Crippen LogP contribution in [0.25, 0.3) is 0 Å². The van der Waals surface area contributed by atoms with E-state index in [2.05, 4.69) is 10.3 Å². The van der Waals surface area contributed by atoms with Gasteiger partial charge in [-0.05, 0) is 19.8 Å². The monoisotopic (exact) mass is 254 g/mol. The number of aromatic nitrogens is 2. The lowest BCUT2D eigenvalue weighted by Gasteiger charge is -2.36. The lowest BCUT2D eigenvalue weighted by atomic mass is 9.89. The Morgan fingerprint density at radius 1 is 1.50 bits per heavy atom. The molecule has 0 atom stereocenters. The molecule has 1 fully saturated rings. The van der Waals surface area contributed by atoms with Crippen LogP contribution in [0.3, 0.4) is 0 Å². The van der Waals surface area contributed by atoms with Crippen molar-refractivity contribution in [3.63, 3.8) is 0 Å². The summed E-state index contributed by atoms with van der Waals surface area (Å²) in [5.74, 6) is 0.156. The highest BCUT2D eigenvalue weighted by atomic mass is 16.5. The topological polar surface area (TPSA) is 102 Å². The number of nitrogen functional groups attached to an aromatic ring is 1. The van der Waals surface area contributed by atoms with Gasteiger partial charge in [-0.15, -0.1) is 0 Å². The summed E-state index contributed by atoms with van der Waals surface area (Å²) in [6.45, 7) is 2.65. The van der Waals surface area contributed by atoms with Crippen molar-refractivity contribution in [2.24, 2.45) is 7.05 Å². The SMILES string of the molecule is CCOC1CC(Nc2c(N)n(C)c(=O)[nH]c2=O)C1. The van der Waals surface area contributed by atoms with Crippen molar-refractivity contribution in [1.29, 1.82) is 0 Å². The van der Waals surface area contributed by atoms with Crippen LogP contribution < -0.4 is 22.3 Å². The van der Waals surface area contributed by atoms with Crippen LogP contribution in [0.15, 0.2) is 9.59 Å². The maximum absolute atomic E-state index is 11.7. The minimum Gasteiger partial charge on any atom is -0.383 e. The van der Waals surface area contributed by atoms with Gasteiger partial charge in [0.2, 0.25) is 0 Å². The summed E-state index contributed by atoms with van der Waals surface area (Å²) >= 11 is 0. The van der Waals surface area contributed by atoms with E-state index in [9.17, 15) is 9.59 Å². The molecular weight excluding hydrogens is 236 g/mol. The van der Waals surface area contributed by atoms with Gasteiger partial charge in [0.05, 0.1) is 6.10 Å². The van der Waals surface area contributed by atoms with Crippen molar-refractivity contribution in [2.75, 3.05) is 17.7 Å². The molecule has 1 aliphatic carbocycles. The van der Waals surface area contributed by atoms with Gasteiger partial charge in [0.25, 0.3) is 5.56 Å². The molecule has 7 nitrogen and oxygen atoms in total. The molecule has 1 aromatic rings. The Balaban J connectivity index is 2.10. The summed E-state index contributed by atoms with van der Waals surface area (Å²) in [6.07, 6.45) is 1.94. The number of aromatic amines is 1. The zero-order valence-corrected chi connectivity index (χ0v) is 10.5. The Hall–Kier alpha value is -1.76. The van der Waals surface area contributed by atoms with Crippen LogP contribution in [-0.4, -0.2) is 28.3 Å². The van der Waals surface area contributed by atoms with Crippen LogP contribution in [0.1, 0.15) is 19.8 Å². The first-order valence-corrected chi connectivity index (χ1v) is 5.99. The molecule has 0 unspecified atom stereocenters. The molecule has 0 amide bonds. The van der Waals surface area contributed by atoms with Gasteiger partial charge in [-0.3, -0.25) is 14.3 Å². The molecule has 0 bridgehead atoms. The summed E-state index contributed by atoms with van der Waals surface area (Å²) in [5, 5.41) is 3.06. The number of nitrogens with zero attached hydrogens (tertiary/aromatic N) is 1. The van der Waals surface area contributed by atoms with Crippen molar-refractivity contribution >= 4 is 11.5 Å². The van der Waals surface area contributed by atoms with E-state index in [1.807, 2.05) is 6.92 Å². The zero-order chi connectivity index (χ0) is 13.3. The molecule has 18 heavy (non-hydrogen) atoms. The number of hydrogen-bond acceptors (Lipinski definition) is 5. The van der Waals surface area contributed by atoms with Gasteiger partial charge >= 0.3 is 5.69 Å². The van der Waals surface area contributed by atoms with Gasteiger partial charge in [0.15, 0.2) is 0 Å². The summed E-state index contributed by atoms with van der Waals surface area (Å²) in [5.41, 5.74) is 5.03. The van der Waals surface area contributed by atoms with E-state index >= 15 is 0 Å². The lowest BCUT2D eigenvalue weighted by molar-refractivity contribution is 0.00297. The number of rotatable bonds is 4. The van der Waals surface area contributed by atoms with Crippen molar-refractivity contribution in [3.05, 3.63) is 20.8 Å². The average molecular weight is 254 g/mol. The highest BCUT2D eigenvalue weighted by molar-refractivity contribution is 5.61. The van der Waals surface area contributed by atoms with Crippen LogP contribution in [0, 0.1) is 0 Å².